The molecule has 0 radical (unpaired) electrons. The highest BCUT2D eigenvalue weighted by molar-refractivity contribution is 5.89. The van der Waals surface area contributed by atoms with E-state index in [9.17, 15) is 9.59 Å². The first-order valence-electron chi connectivity index (χ1n) is 11.2. The van der Waals surface area contributed by atoms with Crippen LogP contribution in [0.1, 0.15) is 61.9 Å². The second kappa shape index (κ2) is 11.0. The van der Waals surface area contributed by atoms with E-state index in [1.807, 2.05) is 24.0 Å². The van der Waals surface area contributed by atoms with Gasteiger partial charge in [0.1, 0.15) is 0 Å². The number of carbonyl (C=O) groups excluding carboxylic acids is 2. The first-order valence-corrected chi connectivity index (χ1v) is 11.2. The Morgan fingerprint density at radius 2 is 1.87 bits per heavy atom. The zero-order chi connectivity index (χ0) is 21.3. The van der Waals surface area contributed by atoms with E-state index >= 15 is 0 Å². The summed E-state index contributed by atoms with van der Waals surface area (Å²) in [6, 6.07) is 7.56. The standard InChI is InChI=1S/C23H34N4O3/c1-3-24-23(25-15-17-9-11-19(12-10-17)22(29)30-4-2)26-20-13-14-27(16-20)21(28)18-7-5-6-8-18/h9-12,18,20H,3-8,13-16H2,1-2H3,(H2,24,25,26). The Balaban J connectivity index is 1.53. The number of nitrogens with zero attached hydrogens (tertiary/aromatic N) is 2. The summed E-state index contributed by atoms with van der Waals surface area (Å²) < 4.78 is 5.02. The SMILES string of the molecule is CCNC(=NCc1ccc(C(=O)OCC)cc1)NC1CCN(C(=O)C2CCCC2)C1. The van der Waals surface area contributed by atoms with Gasteiger partial charge in [-0.05, 0) is 50.8 Å². The summed E-state index contributed by atoms with van der Waals surface area (Å²) in [6.45, 7) is 7.05. The maximum atomic E-state index is 12.7. The summed E-state index contributed by atoms with van der Waals surface area (Å²) in [5.41, 5.74) is 1.57. The fourth-order valence-corrected chi connectivity index (χ4v) is 4.15. The summed E-state index contributed by atoms with van der Waals surface area (Å²) in [5.74, 6) is 1.02. The van der Waals surface area contributed by atoms with E-state index in [4.69, 9.17) is 4.74 Å². The monoisotopic (exact) mass is 414 g/mol. The molecule has 1 aromatic rings. The molecule has 0 spiro atoms. The van der Waals surface area contributed by atoms with Gasteiger partial charge in [0.2, 0.25) is 5.91 Å². The van der Waals surface area contributed by atoms with Gasteiger partial charge in [0.25, 0.3) is 0 Å². The van der Waals surface area contributed by atoms with Crippen molar-refractivity contribution in [1.82, 2.24) is 15.5 Å². The molecule has 1 saturated carbocycles. The summed E-state index contributed by atoms with van der Waals surface area (Å²) in [7, 11) is 0. The van der Waals surface area contributed by atoms with Crippen LogP contribution in [0.3, 0.4) is 0 Å². The van der Waals surface area contributed by atoms with Crippen LogP contribution in [0.5, 0.6) is 0 Å². The summed E-state index contributed by atoms with van der Waals surface area (Å²) >= 11 is 0. The fraction of sp³-hybridized carbons (Fsp3) is 0.609. The van der Waals surface area contributed by atoms with Gasteiger partial charge in [-0.25, -0.2) is 9.79 Å². The minimum atomic E-state index is -0.305. The molecule has 7 nitrogen and oxygen atoms in total. The highest BCUT2D eigenvalue weighted by Crippen LogP contribution is 2.27. The molecular formula is C23H34N4O3. The van der Waals surface area contributed by atoms with Gasteiger partial charge in [-0.3, -0.25) is 4.79 Å². The van der Waals surface area contributed by atoms with Crippen LogP contribution in [0, 0.1) is 5.92 Å². The lowest BCUT2D eigenvalue weighted by molar-refractivity contribution is -0.134. The maximum absolute atomic E-state index is 12.7. The molecule has 1 aromatic carbocycles. The number of hydrogen-bond acceptors (Lipinski definition) is 4. The predicted molar refractivity (Wildman–Crippen MR) is 117 cm³/mol. The van der Waals surface area contributed by atoms with E-state index in [1.54, 1.807) is 19.1 Å². The predicted octanol–water partition coefficient (Wildman–Crippen LogP) is 2.71. The Kier molecular flexibility index (Phi) is 8.11. The molecule has 1 unspecified atom stereocenters. The number of ether oxygens (including phenoxy) is 1. The molecule has 1 saturated heterocycles. The zero-order valence-corrected chi connectivity index (χ0v) is 18.2. The molecule has 1 heterocycles. The Morgan fingerprint density at radius 3 is 2.53 bits per heavy atom. The van der Waals surface area contributed by atoms with Crippen LogP contribution in [-0.4, -0.2) is 55.0 Å². The molecule has 0 bridgehead atoms. The topological polar surface area (TPSA) is 83.0 Å². The van der Waals surface area contributed by atoms with Crippen molar-refractivity contribution in [3.8, 4) is 0 Å². The number of rotatable bonds is 7. The van der Waals surface area contributed by atoms with Crippen LogP contribution in [0.4, 0.5) is 0 Å². The van der Waals surface area contributed by atoms with Crippen molar-refractivity contribution in [2.24, 2.45) is 10.9 Å². The molecule has 3 rings (SSSR count). The summed E-state index contributed by atoms with van der Waals surface area (Å²) in [4.78, 5) is 31.1. The van der Waals surface area contributed by atoms with Crippen molar-refractivity contribution in [1.29, 1.82) is 0 Å². The van der Waals surface area contributed by atoms with Crippen LogP contribution in [0.25, 0.3) is 0 Å². The van der Waals surface area contributed by atoms with Gasteiger partial charge in [0.15, 0.2) is 5.96 Å². The third-order valence-electron chi connectivity index (χ3n) is 5.77. The number of hydrogen-bond donors (Lipinski definition) is 2. The molecule has 7 heteroatoms. The lowest BCUT2D eigenvalue weighted by Crippen LogP contribution is -2.45. The van der Waals surface area contributed by atoms with Crippen LogP contribution < -0.4 is 10.6 Å². The van der Waals surface area contributed by atoms with E-state index in [0.717, 1.165) is 50.4 Å². The molecule has 2 aliphatic rings. The van der Waals surface area contributed by atoms with Gasteiger partial charge in [-0.15, -0.1) is 0 Å². The molecule has 1 aliphatic carbocycles. The van der Waals surface area contributed by atoms with Gasteiger partial charge < -0.3 is 20.3 Å². The average Bonchev–Trinajstić information content (AvgIpc) is 3.45. The highest BCUT2D eigenvalue weighted by Gasteiger charge is 2.32. The molecule has 2 N–H and O–H groups in total. The van der Waals surface area contributed by atoms with E-state index in [-0.39, 0.29) is 17.9 Å². The Labute approximate surface area is 179 Å². The number of nitrogens with one attached hydrogen (secondary N) is 2. The largest absolute Gasteiger partial charge is 0.462 e. The summed E-state index contributed by atoms with van der Waals surface area (Å²) in [5, 5.41) is 6.77. The molecular weight excluding hydrogens is 380 g/mol. The first-order chi connectivity index (χ1) is 14.6. The highest BCUT2D eigenvalue weighted by atomic mass is 16.5. The minimum absolute atomic E-state index is 0.222. The summed E-state index contributed by atoms with van der Waals surface area (Å²) in [6.07, 6.45) is 5.41. The molecule has 1 aliphatic heterocycles. The van der Waals surface area contributed by atoms with Crippen LogP contribution in [-0.2, 0) is 16.1 Å². The van der Waals surface area contributed by atoms with Crippen molar-refractivity contribution >= 4 is 17.8 Å². The van der Waals surface area contributed by atoms with Crippen LogP contribution >= 0.6 is 0 Å². The third kappa shape index (κ3) is 5.97. The second-order valence-electron chi connectivity index (χ2n) is 8.01. The molecule has 0 aromatic heterocycles. The smallest absolute Gasteiger partial charge is 0.338 e. The number of benzene rings is 1. The fourth-order valence-electron chi connectivity index (χ4n) is 4.15. The second-order valence-corrected chi connectivity index (χ2v) is 8.01. The van der Waals surface area contributed by atoms with Gasteiger partial charge in [0, 0.05) is 31.6 Å². The van der Waals surface area contributed by atoms with Gasteiger partial charge >= 0.3 is 5.97 Å². The van der Waals surface area contributed by atoms with Gasteiger partial charge in [0.05, 0.1) is 18.7 Å². The quantitative estimate of drug-likeness (QED) is 0.407. The number of esters is 1. The molecule has 2 fully saturated rings. The maximum Gasteiger partial charge on any atom is 0.338 e. The van der Waals surface area contributed by atoms with Crippen LogP contribution in [0.2, 0.25) is 0 Å². The lowest BCUT2D eigenvalue weighted by Gasteiger charge is -2.21. The normalized spacial score (nSPS) is 19.7. The van der Waals surface area contributed by atoms with Gasteiger partial charge in [-0.1, -0.05) is 25.0 Å². The Bertz CT molecular complexity index is 741. The number of guanidine groups is 1. The number of aliphatic imine (C=N–C) groups is 1. The minimum Gasteiger partial charge on any atom is -0.462 e. The van der Waals surface area contributed by atoms with Crippen molar-refractivity contribution in [3.05, 3.63) is 35.4 Å². The molecule has 1 amide bonds. The zero-order valence-electron chi connectivity index (χ0n) is 18.2. The Morgan fingerprint density at radius 1 is 1.13 bits per heavy atom. The van der Waals surface area contributed by atoms with Crippen LogP contribution in [0.15, 0.2) is 29.3 Å². The van der Waals surface area contributed by atoms with Crippen molar-refractivity contribution < 1.29 is 14.3 Å². The van der Waals surface area contributed by atoms with Crippen molar-refractivity contribution in [3.63, 3.8) is 0 Å². The van der Waals surface area contributed by atoms with Gasteiger partial charge in [-0.2, -0.15) is 0 Å². The first kappa shape index (κ1) is 22.1. The van der Waals surface area contributed by atoms with E-state index < -0.39 is 0 Å². The number of carbonyl (C=O) groups is 2. The molecule has 164 valence electrons. The Hall–Kier alpha value is -2.57. The molecule has 1 atom stereocenters. The average molecular weight is 415 g/mol. The van der Waals surface area contributed by atoms with Crippen molar-refractivity contribution in [2.45, 2.75) is 58.5 Å². The van der Waals surface area contributed by atoms with E-state index in [2.05, 4.69) is 15.6 Å². The molecule has 30 heavy (non-hydrogen) atoms. The van der Waals surface area contributed by atoms with E-state index in [1.165, 1.54) is 12.8 Å². The number of amides is 1. The lowest BCUT2D eigenvalue weighted by atomic mass is 10.1. The third-order valence-corrected chi connectivity index (χ3v) is 5.77. The number of likely N-dealkylation sites (tertiary alicyclic amines) is 1. The van der Waals surface area contributed by atoms with Crippen molar-refractivity contribution in [2.75, 3.05) is 26.2 Å². The van der Waals surface area contributed by atoms with E-state index in [0.29, 0.717) is 24.6 Å².